The maximum absolute atomic E-state index is 13.2. The van der Waals surface area contributed by atoms with Crippen molar-refractivity contribution in [3.8, 4) is 11.5 Å². The summed E-state index contributed by atoms with van der Waals surface area (Å²) in [5, 5.41) is 7.80. The molecule has 4 heterocycles. The van der Waals surface area contributed by atoms with Gasteiger partial charge in [0.25, 0.3) is 5.91 Å². The molecular formula is C23H22N4O4S. The van der Waals surface area contributed by atoms with Crippen LogP contribution in [-0.4, -0.2) is 33.1 Å². The van der Waals surface area contributed by atoms with Crippen LogP contribution in [0.5, 0.6) is 0 Å². The van der Waals surface area contributed by atoms with E-state index in [1.165, 1.54) is 17.5 Å². The fourth-order valence-electron chi connectivity index (χ4n) is 4.09. The molecule has 0 unspecified atom stereocenters. The van der Waals surface area contributed by atoms with Crippen LogP contribution in [0.4, 0.5) is 5.00 Å². The molecule has 9 heteroatoms. The Morgan fingerprint density at radius 3 is 3.03 bits per heavy atom. The van der Waals surface area contributed by atoms with Gasteiger partial charge < -0.3 is 14.5 Å². The fourth-order valence-corrected chi connectivity index (χ4v) is 5.48. The predicted octanol–water partition coefficient (Wildman–Crippen LogP) is 4.60. The van der Waals surface area contributed by atoms with E-state index in [4.69, 9.17) is 9.15 Å². The molecule has 1 aliphatic rings. The second kappa shape index (κ2) is 8.23. The molecule has 1 atom stereocenters. The van der Waals surface area contributed by atoms with E-state index >= 15 is 0 Å². The van der Waals surface area contributed by atoms with Crippen LogP contribution in [-0.2, 0) is 17.6 Å². The lowest BCUT2D eigenvalue weighted by atomic mass is 9.88. The van der Waals surface area contributed by atoms with Crippen LogP contribution >= 0.6 is 11.3 Å². The molecule has 0 radical (unpaired) electrons. The van der Waals surface area contributed by atoms with Crippen molar-refractivity contribution in [2.45, 2.75) is 33.1 Å². The molecule has 32 heavy (non-hydrogen) atoms. The number of nitrogens with one attached hydrogen (secondary N) is 1. The summed E-state index contributed by atoms with van der Waals surface area (Å²) >= 11 is 1.46. The molecule has 164 valence electrons. The number of aromatic nitrogens is 3. The minimum Gasteiger partial charge on any atom is -0.463 e. The number of ether oxygens (including phenoxy) is 1. The molecule has 4 aromatic heterocycles. The Morgan fingerprint density at radius 1 is 1.38 bits per heavy atom. The molecule has 0 saturated carbocycles. The zero-order valence-corrected chi connectivity index (χ0v) is 18.6. The normalized spacial score (nSPS) is 15.5. The van der Waals surface area contributed by atoms with Crippen LogP contribution in [0.2, 0.25) is 0 Å². The number of furan rings is 1. The second-order valence-electron chi connectivity index (χ2n) is 7.83. The summed E-state index contributed by atoms with van der Waals surface area (Å²) in [6.45, 7) is 4.26. The number of hydrogen-bond acceptors (Lipinski definition) is 7. The molecule has 1 amide bonds. The van der Waals surface area contributed by atoms with Gasteiger partial charge in [0.2, 0.25) is 0 Å². The van der Waals surface area contributed by atoms with Gasteiger partial charge in [0.1, 0.15) is 16.3 Å². The number of hydrogen-bond donors (Lipinski definition) is 1. The zero-order chi connectivity index (χ0) is 22.2. The lowest BCUT2D eigenvalue weighted by Gasteiger charge is -2.18. The molecule has 5 rings (SSSR count). The van der Waals surface area contributed by atoms with Crippen molar-refractivity contribution in [2.75, 3.05) is 11.9 Å². The standard InChI is InChI=1S/C23H22N4O4S/c1-3-30-23(29)19-14-7-6-13(2)11-18(14)32-22(19)26-21(28)15-12-25-27-16(8-9-24-20(15)27)17-5-4-10-31-17/h4-5,8-10,12-13H,3,6-7,11H2,1-2H3,(H,26,28)/t13-/m0/s1. The predicted molar refractivity (Wildman–Crippen MR) is 120 cm³/mol. The smallest absolute Gasteiger partial charge is 0.341 e. The second-order valence-corrected chi connectivity index (χ2v) is 8.94. The Bertz CT molecular complexity index is 1310. The number of carbonyl (C=O) groups excluding carboxylic acids is 2. The van der Waals surface area contributed by atoms with E-state index in [1.807, 2.05) is 6.07 Å². The highest BCUT2D eigenvalue weighted by atomic mass is 32.1. The monoisotopic (exact) mass is 450 g/mol. The lowest BCUT2D eigenvalue weighted by molar-refractivity contribution is 0.0526. The highest BCUT2D eigenvalue weighted by Crippen LogP contribution is 2.40. The number of thiophene rings is 1. The van der Waals surface area contributed by atoms with Crippen molar-refractivity contribution in [3.05, 3.63) is 58.4 Å². The van der Waals surface area contributed by atoms with Crippen LogP contribution in [0, 0.1) is 5.92 Å². The van der Waals surface area contributed by atoms with Gasteiger partial charge in [-0.2, -0.15) is 5.10 Å². The van der Waals surface area contributed by atoms with Gasteiger partial charge in [0.15, 0.2) is 11.4 Å². The van der Waals surface area contributed by atoms with E-state index in [9.17, 15) is 9.59 Å². The van der Waals surface area contributed by atoms with Gasteiger partial charge in [-0.1, -0.05) is 6.92 Å². The number of rotatable bonds is 5. The van der Waals surface area contributed by atoms with Crippen LogP contribution in [0.3, 0.4) is 0 Å². The first-order valence-electron chi connectivity index (χ1n) is 10.6. The molecule has 0 bridgehead atoms. The van der Waals surface area contributed by atoms with Gasteiger partial charge >= 0.3 is 5.97 Å². The van der Waals surface area contributed by atoms with Gasteiger partial charge in [-0.05, 0) is 55.9 Å². The van der Waals surface area contributed by atoms with Crippen molar-refractivity contribution >= 4 is 33.9 Å². The van der Waals surface area contributed by atoms with Crippen molar-refractivity contribution < 1.29 is 18.7 Å². The third-order valence-electron chi connectivity index (χ3n) is 5.64. The summed E-state index contributed by atoms with van der Waals surface area (Å²) in [7, 11) is 0. The molecule has 0 fully saturated rings. The molecule has 0 aliphatic heterocycles. The minimum absolute atomic E-state index is 0.279. The first kappa shape index (κ1) is 20.4. The summed E-state index contributed by atoms with van der Waals surface area (Å²) in [5.41, 5.74) is 2.89. The van der Waals surface area contributed by atoms with Crippen molar-refractivity contribution in [1.29, 1.82) is 0 Å². The summed E-state index contributed by atoms with van der Waals surface area (Å²) in [4.78, 5) is 31.4. The third kappa shape index (κ3) is 3.48. The largest absolute Gasteiger partial charge is 0.463 e. The topological polar surface area (TPSA) is 98.7 Å². The molecule has 0 spiro atoms. The Hall–Kier alpha value is -3.46. The highest BCUT2D eigenvalue weighted by molar-refractivity contribution is 7.17. The number of nitrogens with zero attached hydrogens (tertiary/aromatic N) is 3. The minimum atomic E-state index is -0.395. The van der Waals surface area contributed by atoms with Gasteiger partial charge in [0.05, 0.1) is 24.6 Å². The molecule has 0 aromatic carbocycles. The van der Waals surface area contributed by atoms with Crippen molar-refractivity contribution in [2.24, 2.45) is 5.92 Å². The average Bonchev–Trinajstić information content (AvgIpc) is 3.51. The van der Waals surface area contributed by atoms with Crippen molar-refractivity contribution in [3.63, 3.8) is 0 Å². The van der Waals surface area contributed by atoms with Crippen LogP contribution in [0.1, 0.15) is 51.4 Å². The molecule has 8 nitrogen and oxygen atoms in total. The first-order chi connectivity index (χ1) is 15.6. The first-order valence-corrected chi connectivity index (χ1v) is 11.4. The van der Waals surface area contributed by atoms with Gasteiger partial charge in [-0.15, -0.1) is 11.3 Å². The van der Waals surface area contributed by atoms with E-state index in [0.717, 1.165) is 29.7 Å². The highest BCUT2D eigenvalue weighted by Gasteiger charge is 2.30. The van der Waals surface area contributed by atoms with Crippen LogP contribution in [0.15, 0.2) is 41.3 Å². The molecule has 0 saturated heterocycles. The summed E-state index contributed by atoms with van der Waals surface area (Å²) in [5.74, 6) is 0.398. The third-order valence-corrected chi connectivity index (χ3v) is 6.81. The summed E-state index contributed by atoms with van der Waals surface area (Å²) in [6.07, 6.45) is 7.38. The van der Waals surface area contributed by atoms with E-state index in [2.05, 4.69) is 22.3 Å². The summed E-state index contributed by atoms with van der Waals surface area (Å²) in [6, 6.07) is 5.38. The Balaban J connectivity index is 1.51. The number of anilines is 1. The van der Waals surface area contributed by atoms with Crippen LogP contribution < -0.4 is 5.32 Å². The lowest BCUT2D eigenvalue weighted by Crippen LogP contribution is -2.16. The quantitative estimate of drug-likeness (QED) is 0.446. The Labute approximate surface area is 188 Å². The van der Waals surface area contributed by atoms with Crippen LogP contribution in [0.25, 0.3) is 17.1 Å². The number of fused-ring (bicyclic) bond motifs is 2. The van der Waals surface area contributed by atoms with Gasteiger partial charge in [-0.25, -0.2) is 14.3 Å². The molecule has 1 N–H and O–H groups in total. The maximum Gasteiger partial charge on any atom is 0.341 e. The SMILES string of the molecule is CCOC(=O)c1c(NC(=O)c2cnn3c(-c4ccco4)ccnc23)sc2c1CC[C@H](C)C2. The van der Waals surface area contributed by atoms with Crippen molar-refractivity contribution in [1.82, 2.24) is 14.6 Å². The molecule has 1 aliphatic carbocycles. The maximum atomic E-state index is 13.2. The van der Waals surface area contributed by atoms with E-state index in [1.54, 1.807) is 36.0 Å². The molecule has 4 aromatic rings. The zero-order valence-electron chi connectivity index (χ0n) is 17.8. The number of amides is 1. The Kier molecular flexibility index (Phi) is 5.26. The van der Waals surface area contributed by atoms with Gasteiger partial charge in [-0.3, -0.25) is 4.79 Å². The average molecular weight is 451 g/mol. The summed E-state index contributed by atoms with van der Waals surface area (Å²) < 4.78 is 12.3. The number of esters is 1. The number of carbonyl (C=O) groups is 2. The van der Waals surface area contributed by atoms with E-state index < -0.39 is 5.97 Å². The van der Waals surface area contributed by atoms with E-state index in [0.29, 0.717) is 39.1 Å². The molecular weight excluding hydrogens is 428 g/mol. The Morgan fingerprint density at radius 2 is 2.25 bits per heavy atom. The van der Waals surface area contributed by atoms with Gasteiger partial charge in [0, 0.05) is 11.1 Å². The van der Waals surface area contributed by atoms with E-state index in [-0.39, 0.29) is 12.5 Å². The fraction of sp³-hybridized carbons (Fsp3) is 0.304.